The van der Waals surface area contributed by atoms with Crippen LogP contribution in [-0.2, 0) is 0 Å². The highest BCUT2D eigenvalue weighted by molar-refractivity contribution is 6.39. The topological polar surface area (TPSA) is 0 Å². The molecule has 0 radical (unpaired) electrons. The number of halogens is 2. The van der Waals surface area contributed by atoms with Crippen LogP contribution in [0.5, 0.6) is 0 Å². The summed E-state index contributed by atoms with van der Waals surface area (Å²) in [7, 11) is 0. The van der Waals surface area contributed by atoms with E-state index in [0.717, 1.165) is 24.3 Å². The minimum atomic E-state index is -0.318. The largest absolute Gasteiger partial charge is 0.113 e. The first-order valence-corrected chi connectivity index (χ1v) is 5.12. The molecule has 0 aromatic rings. The minimum Gasteiger partial charge on any atom is -0.113 e. The second-order valence-corrected chi connectivity index (χ2v) is 4.32. The van der Waals surface area contributed by atoms with Gasteiger partial charge < -0.3 is 0 Å². The van der Waals surface area contributed by atoms with E-state index >= 15 is 0 Å². The van der Waals surface area contributed by atoms with Crippen LogP contribution >= 0.6 is 23.2 Å². The van der Waals surface area contributed by atoms with Gasteiger partial charge in [0.15, 0.2) is 0 Å². The van der Waals surface area contributed by atoms with Crippen LogP contribution in [0.15, 0.2) is 22.8 Å². The molecule has 68 valence electrons. The smallest absolute Gasteiger partial charge is 0.0835 e. The second-order valence-electron chi connectivity index (χ2n) is 3.19. The zero-order valence-corrected chi connectivity index (χ0v) is 9.04. The van der Waals surface area contributed by atoms with E-state index in [-0.39, 0.29) is 4.87 Å². The highest BCUT2D eigenvalue weighted by Gasteiger charge is 2.31. The predicted molar refractivity (Wildman–Crippen MR) is 55.8 cm³/mol. The third-order valence-corrected chi connectivity index (χ3v) is 3.60. The fourth-order valence-corrected chi connectivity index (χ4v) is 1.88. The lowest BCUT2D eigenvalue weighted by atomic mass is 9.90. The Morgan fingerprint density at radius 1 is 1.42 bits per heavy atom. The number of hydrogen-bond donors (Lipinski definition) is 0. The predicted octanol–water partition coefficient (Wildman–Crippen LogP) is 4.24. The molecular formula is C10H14Cl2. The summed E-state index contributed by atoms with van der Waals surface area (Å²) in [6.45, 7) is 4.22. The molecule has 12 heavy (non-hydrogen) atoms. The molecule has 0 nitrogen and oxygen atoms in total. The van der Waals surface area contributed by atoms with Gasteiger partial charge in [-0.15, -0.1) is 11.6 Å². The van der Waals surface area contributed by atoms with Gasteiger partial charge in [0.2, 0.25) is 0 Å². The quantitative estimate of drug-likeness (QED) is 0.591. The van der Waals surface area contributed by atoms with Crippen molar-refractivity contribution in [1.82, 2.24) is 0 Å². The fraction of sp³-hybridized carbons (Fsp3) is 0.600. The Morgan fingerprint density at radius 2 is 2.08 bits per heavy atom. The van der Waals surface area contributed by atoms with Gasteiger partial charge in [0.25, 0.3) is 0 Å². The van der Waals surface area contributed by atoms with Crippen LogP contribution < -0.4 is 0 Å². The van der Waals surface area contributed by atoms with Crippen LogP contribution in [0.1, 0.15) is 33.1 Å². The molecule has 2 heteroatoms. The third kappa shape index (κ3) is 1.86. The van der Waals surface area contributed by atoms with Gasteiger partial charge in [-0.2, -0.15) is 0 Å². The number of hydrogen-bond acceptors (Lipinski definition) is 0. The van der Waals surface area contributed by atoms with Gasteiger partial charge in [-0.05, 0) is 25.3 Å². The lowest BCUT2D eigenvalue weighted by molar-refractivity contribution is 0.632. The zero-order chi connectivity index (χ0) is 9.19. The second kappa shape index (κ2) is 3.85. The van der Waals surface area contributed by atoms with Crippen molar-refractivity contribution < 1.29 is 0 Å². The summed E-state index contributed by atoms with van der Waals surface area (Å²) in [4.78, 5) is -0.318. The van der Waals surface area contributed by atoms with Crippen LogP contribution in [0.4, 0.5) is 0 Å². The highest BCUT2D eigenvalue weighted by Crippen LogP contribution is 2.40. The number of rotatable bonds is 2. The molecule has 0 saturated carbocycles. The van der Waals surface area contributed by atoms with E-state index in [1.54, 1.807) is 0 Å². The molecule has 0 aliphatic heterocycles. The van der Waals surface area contributed by atoms with Gasteiger partial charge in [-0.1, -0.05) is 37.1 Å². The summed E-state index contributed by atoms with van der Waals surface area (Å²) >= 11 is 12.4. The van der Waals surface area contributed by atoms with Crippen molar-refractivity contribution in [2.45, 2.75) is 38.0 Å². The summed E-state index contributed by atoms with van der Waals surface area (Å²) in [5, 5.41) is 0.781. The van der Waals surface area contributed by atoms with Crippen molar-refractivity contribution in [1.29, 1.82) is 0 Å². The summed E-state index contributed by atoms with van der Waals surface area (Å²) in [5.74, 6) is 0. The average Bonchev–Trinajstić information content (AvgIpc) is 2.10. The molecule has 1 rings (SSSR count). The van der Waals surface area contributed by atoms with Gasteiger partial charge in [-0.3, -0.25) is 0 Å². The van der Waals surface area contributed by atoms with Crippen molar-refractivity contribution in [3.63, 3.8) is 0 Å². The van der Waals surface area contributed by atoms with Crippen LogP contribution in [0, 0.1) is 0 Å². The van der Waals surface area contributed by atoms with E-state index < -0.39 is 0 Å². The van der Waals surface area contributed by atoms with Crippen LogP contribution in [-0.4, -0.2) is 4.87 Å². The molecule has 0 spiro atoms. The molecule has 0 saturated heterocycles. The Bertz CT molecular complexity index is 228. The van der Waals surface area contributed by atoms with E-state index in [2.05, 4.69) is 19.9 Å². The molecule has 1 aliphatic carbocycles. The molecule has 0 amide bonds. The third-order valence-electron chi connectivity index (χ3n) is 2.42. The average molecular weight is 205 g/mol. The first-order chi connectivity index (χ1) is 5.62. The molecular weight excluding hydrogens is 191 g/mol. The van der Waals surface area contributed by atoms with Gasteiger partial charge in [0.1, 0.15) is 0 Å². The lowest BCUT2D eigenvalue weighted by Crippen LogP contribution is -2.23. The van der Waals surface area contributed by atoms with E-state index in [1.807, 2.05) is 6.08 Å². The summed E-state index contributed by atoms with van der Waals surface area (Å²) < 4.78 is 0. The molecule has 0 fully saturated rings. The monoisotopic (exact) mass is 204 g/mol. The Hall–Kier alpha value is 0.0600. The van der Waals surface area contributed by atoms with Gasteiger partial charge in [-0.25, -0.2) is 0 Å². The number of alkyl halides is 1. The normalized spacial score (nSPS) is 29.7. The van der Waals surface area contributed by atoms with Crippen molar-refractivity contribution in [2.75, 3.05) is 0 Å². The Kier molecular flexibility index (Phi) is 3.25. The molecule has 0 N–H and O–H groups in total. The summed E-state index contributed by atoms with van der Waals surface area (Å²) in [6.07, 6.45) is 6.87. The first-order valence-electron chi connectivity index (χ1n) is 4.37. The van der Waals surface area contributed by atoms with E-state index in [1.165, 1.54) is 5.57 Å². The Balaban J connectivity index is 2.86. The standard InChI is InChI=1S/C10H14Cl2/c1-3-8-5-6-9(11)10(12,4-2)7-8/h5-6H,3-4,7H2,1-2H3. The van der Waals surface area contributed by atoms with Crippen molar-refractivity contribution in [2.24, 2.45) is 0 Å². The lowest BCUT2D eigenvalue weighted by Gasteiger charge is -2.28. The van der Waals surface area contributed by atoms with Gasteiger partial charge in [0, 0.05) is 5.03 Å². The van der Waals surface area contributed by atoms with Gasteiger partial charge in [0.05, 0.1) is 4.87 Å². The fourth-order valence-electron chi connectivity index (χ4n) is 1.38. The molecule has 0 aromatic carbocycles. The van der Waals surface area contributed by atoms with Crippen LogP contribution in [0.2, 0.25) is 0 Å². The molecule has 0 bridgehead atoms. The SMILES string of the molecule is CCC1=CC=C(Cl)C(Cl)(CC)C1. The van der Waals surface area contributed by atoms with Crippen LogP contribution in [0.25, 0.3) is 0 Å². The molecule has 0 aromatic heterocycles. The highest BCUT2D eigenvalue weighted by atomic mass is 35.5. The summed E-state index contributed by atoms with van der Waals surface area (Å²) in [5.41, 5.74) is 1.39. The molecule has 1 atom stereocenters. The maximum Gasteiger partial charge on any atom is 0.0835 e. The van der Waals surface area contributed by atoms with Crippen LogP contribution in [0.3, 0.4) is 0 Å². The Morgan fingerprint density at radius 3 is 2.58 bits per heavy atom. The molecule has 1 aliphatic rings. The first kappa shape index (κ1) is 10.1. The van der Waals surface area contributed by atoms with E-state index in [9.17, 15) is 0 Å². The Labute approximate surface area is 84.2 Å². The minimum absolute atomic E-state index is 0.318. The maximum atomic E-state index is 6.34. The van der Waals surface area contributed by atoms with E-state index in [0.29, 0.717) is 0 Å². The maximum absolute atomic E-state index is 6.34. The van der Waals surface area contributed by atoms with Gasteiger partial charge >= 0.3 is 0 Å². The van der Waals surface area contributed by atoms with Crippen molar-refractivity contribution in [3.8, 4) is 0 Å². The van der Waals surface area contributed by atoms with E-state index in [4.69, 9.17) is 23.2 Å². The molecule has 0 heterocycles. The summed E-state index contributed by atoms with van der Waals surface area (Å²) in [6, 6.07) is 0. The van der Waals surface area contributed by atoms with Crippen molar-refractivity contribution >= 4 is 23.2 Å². The molecule has 1 unspecified atom stereocenters. The number of allylic oxidation sites excluding steroid dienone is 4. The van der Waals surface area contributed by atoms with Crippen molar-refractivity contribution in [3.05, 3.63) is 22.8 Å². The zero-order valence-electron chi connectivity index (χ0n) is 7.53.